The zero-order valence-electron chi connectivity index (χ0n) is 10.3. The van der Waals surface area contributed by atoms with E-state index < -0.39 is 5.60 Å². The molecule has 1 aliphatic rings. The highest BCUT2D eigenvalue weighted by Gasteiger charge is 2.52. The minimum absolute atomic E-state index is 0.0557. The maximum absolute atomic E-state index is 10.6. The fraction of sp³-hybridized carbons (Fsp3) is 0.571. The molecule has 0 bridgehead atoms. The Morgan fingerprint density at radius 2 is 1.88 bits per heavy atom. The summed E-state index contributed by atoms with van der Waals surface area (Å²) in [4.78, 5) is 0. The molecule has 0 aromatic heterocycles. The molecule has 1 unspecified atom stereocenters. The summed E-state index contributed by atoms with van der Waals surface area (Å²) in [6, 6.07) is 7.79. The van der Waals surface area contributed by atoms with E-state index in [2.05, 4.69) is 6.92 Å². The lowest BCUT2D eigenvalue weighted by Gasteiger charge is -2.31. The Morgan fingerprint density at radius 1 is 1.31 bits per heavy atom. The highest BCUT2D eigenvalue weighted by atomic mass is 16.5. The van der Waals surface area contributed by atoms with Gasteiger partial charge in [-0.3, -0.25) is 0 Å². The number of benzene rings is 1. The van der Waals surface area contributed by atoms with Crippen molar-refractivity contribution in [2.45, 2.75) is 39.2 Å². The van der Waals surface area contributed by atoms with Crippen molar-refractivity contribution >= 4 is 0 Å². The quantitative estimate of drug-likeness (QED) is 0.845. The normalized spacial score (nSPS) is 21.2. The Labute approximate surface area is 97.3 Å². The summed E-state index contributed by atoms with van der Waals surface area (Å²) in [5.41, 5.74) is 0.314. The van der Waals surface area contributed by atoms with Crippen molar-refractivity contribution in [1.82, 2.24) is 0 Å². The molecule has 1 saturated carbocycles. The van der Waals surface area contributed by atoms with E-state index in [0.29, 0.717) is 6.61 Å². The fourth-order valence-corrected chi connectivity index (χ4v) is 2.07. The molecule has 2 nitrogen and oxygen atoms in total. The predicted octanol–water partition coefficient (Wildman–Crippen LogP) is 3.09. The van der Waals surface area contributed by atoms with E-state index in [4.69, 9.17) is 4.74 Å². The standard InChI is InChI=1S/C14H20O2/c1-4-16-12-7-5-11(6-8-12)14(3,15)13(2)9-10-13/h5-8,15H,4,9-10H2,1-3H3. The highest BCUT2D eigenvalue weighted by Crippen LogP contribution is 2.57. The van der Waals surface area contributed by atoms with Crippen molar-refractivity contribution < 1.29 is 9.84 Å². The van der Waals surface area contributed by atoms with E-state index in [1.54, 1.807) is 0 Å². The Morgan fingerprint density at radius 3 is 2.31 bits per heavy atom. The van der Waals surface area contributed by atoms with Gasteiger partial charge in [0.2, 0.25) is 0 Å². The lowest BCUT2D eigenvalue weighted by Crippen LogP contribution is -2.31. The van der Waals surface area contributed by atoms with Gasteiger partial charge in [-0.2, -0.15) is 0 Å². The van der Waals surface area contributed by atoms with Crippen LogP contribution in [0.25, 0.3) is 0 Å². The van der Waals surface area contributed by atoms with E-state index in [1.165, 1.54) is 0 Å². The van der Waals surface area contributed by atoms with Crippen LogP contribution >= 0.6 is 0 Å². The van der Waals surface area contributed by atoms with Crippen molar-refractivity contribution in [2.24, 2.45) is 5.41 Å². The lowest BCUT2D eigenvalue weighted by atomic mass is 9.81. The molecule has 0 spiro atoms. The summed E-state index contributed by atoms with van der Waals surface area (Å²) in [6.07, 6.45) is 2.21. The minimum Gasteiger partial charge on any atom is -0.494 e. The smallest absolute Gasteiger partial charge is 0.119 e. The van der Waals surface area contributed by atoms with Gasteiger partial charge in [0.1, 0.15) is 5.75 Å². The Balaban J connectivity index is 2.21. The van der Waals surface area contributed by atoms with Crippen LogP contribution in [0.1, 0.15) is 39.2 Å². The van der Waals surface area contributed by atoms with E-state index in [-0.39, 0.29) is 5.41 Å². The third-order valence-electron chi connectivity index (χ3n) is 3.90. The fourth-order valence-electron chi connectivity index (χ4n) is 2.07. The molecule has 0 amide bonds. The number of aliphatic hydroxyl groups is 1. The van der Waals surface area contributed by atoms with Gasteiger partial charge in [0.05, 0.1) is 12.2 Å². The van der Waals surface area contributed by atoms with Crippen LogP contribution in [0.15, 0.2) is 24.3 Å². The predicted molar refractivity (Wildman–Crippen MR) is 64.5 cm³/mol. The van der Waals surface area contributed by atoms with Crippen molar-refractivity contribution in [3.8, 4) is 5.75 Å². The Kier molecular flexibility index (Phi) is 2.70. The SMILES string of the molecule is CCOc1ccc(C(C)(O)C2(C)CC2)cc1. The third kappa shape index (κ3) is 1.82. The molecule has 2 rings (SSSR count). The second kappa shape index (κ2) is 3.77. The van der Waals surface area contributed by atoms with Gasteiger partial charge in [0, 0.05) is 5.41 Å². The molecule has 0 saturated heterocycles. The molecule has 0 radical (unpaired) electrons. The van der Waals surface area contributed by atoms with Gasteiger partial charge in [0.15, 0.2) is 0 Å². The molecule has 1 atom stereocenters. The molecule has 1 aliphatic carbocycles. The van der Waals surface area contributed by atoms with Gasteiger partial charge >= 0.3 is 0 Å². The first-order valence-corrected chi connectivity index (χ1v) is 5.95. The van der Waals surface area contributed by atoms with E-state index in [0.717, 1.165) is 24.2 Å². The monoisotopic (exact) mass is 220 g/mol. The van der Waals surface area contributed by atoms with Gasteiger partial charge in [-0.15, -0.1) is 0 Å². The number of hydrogen-bond acceptors (Lipinski definition) is 2. The van der Waals surface area contributed by atoms with Gasteiger partial charge in [-0.1, -0.05) is 19.1 Å². The molecule has 2 heteroatoms. The maximum Gasteiger partial charge on any atom is 0.119 e. The summed E-state index contributed by atoms with van der Waals surface area (Å²) >= 11 is 0. The van der Waals surface area contributed by atoms with Crippen molar-refractivity contribution in [2.75, 3.05) is 6.61 Å². The van der Waals surface area contributed by atoms with Crippen LogP contribution in [0.5, 0.6) is 5.75 Å². The van der Waals surface area contributed by atoms with E-state index >= 15 is 0 Å². The summed E-state index contributed by atoms with van der Waals surface area (Å²) in [7, 11) is 0. The largest absolute Gasteiger partial charge is 0.494 e. The molecule has 0 aliphatic heterocycles. The van der Waals surface area contributed by atoms with Crippen LogP contribution in [0.2, 0.25) is 0 Å². The first-order valence-electron chi connectivity index (χ1n) is 5.95. The van der Waals surface area contributed by atoms with E-state index in [9.17, 15) is 5.11 Å². The molecule has 16 heavy (non-hydrogen) atoms. The zero-order chi connectivity index (χ0) is 11.8. The third-order valence-corrected chi connectivity index (χ3v) is 3.90. The molecule has 0 heterocycles. The summed E-state index contributed by atoms with van der Waals surface area (Å²) in [5, 5.41) is 10.6. The van der Waals surface area contributed by atoms with Crippen LogP contribution in [-0.4, -0.2) is 11.7 Å². The van der Waals surface area contributed by atoms with Crippen LogP contribution in [0.3, 0.4) is 0 Å². The number of ether oxygens (including phenoxy) is 1. The molecule has 1 fully saturated rings. The van der Waals surface area contributed by atoms with Crippen LogP contribution < -0.4 is 4.74 Å². The van der Waals surface area contributed by atoms with Gasteiger partial charge in [0.25, 0.3) is 0 Å². The average Bonchev–Trinajstić information content (AvgIpc) is 3.00. The molecule has 1 aromatic rings. The summed E-state index contributed by atoms with van der Waals surface area (Å²) < 4.78 is 5.39. The molecule has 1 aromatic carbocycles. The van der Waals surface area contributed by atoms with Crippen molar-refractivity contribution in [3.63, 3.8) is 0 Å². The number of rotatable bonds is 4. The Bertz CT molecular complexity index is 361. The lowest BCUT2D eigenvalue weighted by molar-refractivity contribution is -0.0126. The van der Waals surface area contributed by atoms with Gasteiger partial charge < -0.3 is 9.84 Å². The Hall–Kier alpha value is -1.02. The second-order valence-corrected chi connectivity index (χ2v) is 5.09. The molecule has 1 N–H and O–H groups in total. The second-order valence-electron chi connectivity index (χ2n) is 5.09. The van der Waals surface area contributed by atoms with Crippen LogP contribution in [0.4, 0.5) is 0 Å². The summed E-state index contributed by atoms with van der Waals surface area (Å²) in [5.74, 6) is 0.864. The van der Waals surface area contributed by atoms with Gasteiger partial charge in [-0.25, -0.2) is 0 Å². The van der Waals surface area contributed by atoms with Gasteiger partial charge in [-0.05, 0) is 44.4 Å². The average molecular weight is 220 g/mol. The zero-order valence-corrected chi connectivity index (χ0v) is 10.3. The first-order chi connectivity index (χ1) is 7.49. The first kappa shape index (κ1) is 11.5. The summed E-state index contributed by atoms with van der Waals surface area (Å²) in [6.45, 7) is 6.70. The van der Waals surface area contributed by atoms with Crippen LogP contribution in [-0.2, 0) is 5.60 Å². The van der Waals surface area contributed by atoms with Crippen LogP contribution in [0, 0.1) is 5.41 Å². The number of hydrogen-bond donors (Lipinski definition) is 1. The molecular weight excluding hydrogens is 200 g/mol. The van der Waals surface area contributed by atoms with Crippen molar-refractivity contribution in [1.29, 1.82) is 0 Å². The van der Waals surface area contributed by atoms with E-state index in [1.807, 2.05) is 38.1 Å². The highest BCUT2D eigenvalue weighted by molar-refractivity contribution is 5.33. The molecule has 88 valence electrons. The molecular formula is C14H20O2. The maximum atomic E-state index is 10.6. The minimum atomic E-state index is -0.724. The van der Waals surface area contributed by atoms with Crippen molar-refractivity contribution in [3.05, 3.63) is 29.8 Å². The topological polar surface area (TPSA) is 29.5 Å².